The van der Waals surface area contributed by atoms with E-state index in [1.165, 1.54) is 0 Å². The molecule has 1 amide bonds. The molecule has 0 aliphatic heterocycles. The van der Waals surface area contributed by atoms with E-state index in [4.69, 9.17) is 16.3 Å². The number of methoxy groups -OCH3 is 1. The fourth-order valence-corrected chi connectivity index (χ4v) is 2.43. The van der Waals surface area contributed by atoms with Crippen molar-refractivity contribution < 1.29 is 9.53 Å². The van der Waals surface area contributed by atoms with Crippen molar-refractivity contribution in [1.29, 1.82) is 0 Å². The Balaban J connectivity index is 1.61. The minimum absolute atomic E-state index is 0.222. The molecule has 0 radical (unpaired) electrons. The lowest BCUT2D eigenvalue weighted by atomic mass is 10.3. The van der Waals surface area contributed by atoms with Crippen molar-refractivity contribution in [3.05, 3.63) is 71.1 Å². The summed E-state index contributed by atoms with van der Waals surface area (Å²) in [5, 5.41) is 14.2. The summed E-state index contributed by atoms with van der Waals surface area (Å²) in [6.45, 7) is 0.325. The van der Waals surface area contributed by atoms with E-state index in [0.29, 0.717) is 23.1 Å². The van der Waals surface area contributed by atoms with Crippen molar-refractivity contribution in [2.24, 2.45) is 0 Å². The Kier molecular flexibility index (Phi) is 5.60. The van der Waals surface area contributed by atoms with Crippen LogP contribution in [0.3, 0.4) is 0 Å². The standard InChI is InChI=1S/C18H16ClN5O2/c1-26-16-7-5-12(10-14(16)19)22-17-8-6-15(23-24-17)18(25)21-11-13-4-2-3-9-20-13/h2-10H,11H2,1H3,(H,21,25)(H,22,24). The minimum atomic E-state index is -0.317. The van der Waals surface area contributed by atoms with Gasteiger partial charge in [-0.3, -0.25) is 9.78 Å². The molecular formula is C18H16ClN5O2. The maximum absolute atomic E-state index is 12.1. The number of benzene rings is 1. The van der Waals surface area contributed by atoms with E-state index in [0.717, 1.165) is 11.4 Å². The number of nitrogens with zero attached hydrogens (tertiary/aromatic N) is 3. The molecule has 3 rings (SSSR count). The van der Waals surface area contributed by atoms with Crippen molar-refractivity contribution >= 4 is 29.0 Å². The first kappa shape index (κ1) is 17.6. The molecule has 26 heavy (non-hydrogen) atoms. The van der Waals surface area contributed by atoms with Crippen molar-refractivity contribution in [2.45, 2.75) is 6.54 Å². The Morgan fingerprint density at radius 1 is 1.15 bits per heavy atom. The quantitative estimate of drug-likeness (QED) is 0.693. The summed E-state index contributed by atoms with van der Waals surface area (Å²) in [6.07, 6.45) is 1.67. The number of aromatic nitrogens is 3. The largest absolute Gasteiger partial charge is 0.495 e. The first-order chi connectivity index (χ1) is 12.7. The van der Waals surface area contributed by atoms with Gasteiger partial charge in [0, 0.05) is 11.9 Å². The number of nitrogens with one attached hydrogen (secondary N) is 2. The molecule has 132 valence electrons. The number of ether oxygens (including phenoxy) is 1. The average Bonchev–Trinajstić information content (AvgIpc) is 2.68. The average molecular weight is 370 g/mol. The lowest BCUT2D eigenvalue weighted by Crippen LogP contribution is -2.24. The lowest BCUT2D eigenvalue weighted by Gasteiger charge is -2.08. The van der Waals surface area contributed by atoms with Gasteiger partial charge in [0.25, 0.3) is 5.91 Å². The van der Waals surface area contributed by atoms with Crippen LogP contribution in [0, 0.1) is 0 Å². The van der Waals surface area contributed by atoms with Crippen LogP contribution in [0.1, 0.15) is 16.2 Å². The fraction of sp³-hybridized carbons (Fsp3) is 0.111. The third-order valence-electron chi connectivity index (χ3n) is 3.48. The van der Waals surface area contributed by atoms with E-state index in [-0.39, 0.29) is 11.6 Å². The van der Waals surface area contributed by atoms with E-state index in [1.807, 2.05) is 18.2 Å². The van der Waals surface area contributed by atoms with Crippen molar-refractivity contribution in [1.82, 2.24) is 20.5 Å². The summed E-state index contributed by atoms with van der Waals surface area (Å²) in [4.78, 5) is 16.3. The minimum Gasteiger partial charge on any atom is -0.495 e. The number of amides is 1. The van der Waals surface area contributed by atoms with E-state index in [2.05, 4.69) is 25.8 Å². The van der Waals surface area contributed by atoms with Gasteiger partial charge in [-0.15, -0.1) is 10.2 Å². The number of hydrogen-bond donors (Lipinski definition) is 2. The van der Waals surface area contributed by atoms with Gasteiger partial charge in [0.15, 0.2) is 11.5 Å². The molecule has 2 N–H and O–H groups in total. The molecule has 3 aromatic rings. The van der Waals surface area contributed by atoms with Gasteiger partial charge < -0.3 is 15.4 Å². The predicted octanol–water partition coefficient (Wildman–Crippen LogP) is 3.21. The summed E-state index contributed by atoms with van der Waals surface area (Å²) in [5.41, 5.74) is 1.72. The molecule has 0 aliphatic rings. The maximum atomic E-state index is 12.1. The normalized spacial score (nSPS) is 10.2. The number of carbonyl (C=O) groups excluding carboxylic acids is 1. The first-order valence-electron chi connectivity index (χ1n) is 7.78. The Morgan fingerprint density at radius 2 is 2.04 bits per heavy atom. The summed E-state index contributed by atoms with van der Waals surface area (Å²) >= 11 is 6.09. The van der Waals surface area contributed by atoms with Gasteiger partial charge in [-0.1, -0.05) is 17.7 Å². The molecule has 0 unspecified atom stereocenters. The molecule has 0 spiro atoms. The van der Waals surface area contributed by atoms with Crippen LogP contribution in [0.4, 0.5) is 11.5 Å². The molecular weight excluding hydrogens is 354 g/mol. The molecule has 0 atom stereocenters. The zero-order valence-corrected chi connectivity index (χ0v) is 14.7. The van der Waals surface area contributed by atoms with Crippen molar-refractivity contribution in [3.8, 4) is 5.75 Å². The third kappa shape index (κ3) is 4.46. The van der Waals surface area contributed by atoms with Gasteiger partial charge in [-0.05, 0) is 42.5 Å². The van der Waals surface area contributed by atoms with Gasteiger partial charge in [0.1, 0.15) is 5.75 Å². The van der Waals surface area contributed by atoms with Crippen LogP contribution in [0.15, 0.2) is 54.7 Å². The number of anilines is 2. The van der Waals surface area contributed by atoms with Crippen LogP contribution in [0.5, 0.6) is 5.75 Å². The molecule has 0 fully saturated rings. The second kappa shape index (κ2) is 8.26. The highest BCUT2D eigenvalue weighted by Gasteiger charge is 2.09. The zero-order valence-electron chi connectivity index (χ0n) is 13.9. The SMILES string of the molecule is COc1ccc(Nc2ccc(C(=O)NCc3ccccn3)nn2)cc1Cl. The van der Waals surface area contributed by atoms with E-state index in [9.17, 15) is 4.79 Å². The highest BCUT2D eigenvalue weighted by Crippen LogP contribution is 2.28. The number of halogens is 1. The van der Waals surface area contributed by atoms with Gasteiger partial charge in [-0.2, -0.15) is 0 Å². The summed E-state index contributed by atoms with van der Waals surface area (Å²) < 4.78 is 5.11. The second-order valence-corrected chi connectivity index (χ2v) is 5.69. The highest BCUT2D eigenvalue weighted by molar-refractivity contribution is 6.32. The third-order valence-corrected chi connectivity index (χ3v) is 3.77. The van der Waals surface area contributed by atoms with Crippen LogP contribution < -0.4 is 15.4 Å². The van der Waals surface area contributed by atoms with Gasteiger partial charge >= 0.3 is 0 Å². The smallest absolute Gasteiger partial charge is 0.272 e. The van der Waals surface area contributed by atoms with Gasteiger partial charge in [0.05, 0.1) is 24.4 Å². The molecule has 0 aliphatic carbocycles. The summed E-state index contributed by atoms with van der Waals surface area (Å²) in [7, 11) is 1.55. The number of pyridine rings is 1. The number of hydrogen-bond acceptors (Lipinski definition) is 6. The Hall–Kier alpha value is -3.19. The Bertz CT molecular complexity index is 888. The van der Waals surface area contributed by atoms with E-state index < -0.39 is 0 Å². The lowest BCUT2D eigenvalue weighted by molar-refractivity contribution is 0.0944. The van der Waals surface area contributed by atoms with E-state index >= 15 is 0 Å². The van der Waals surface area contributed by atoms with Crippen molar-refractivity contribution in [3.63, 3.8) is 0 Å². The number of rotatable bonds is 6. The second-order valence-electron chi connectivity index (χ2n) is 5.28. The van der Waals surface area contributed by atoms with Crippen LogP contribution in [0.2, 0.25) is 5.02 Å². The van der Waals surface area contributed by atoms with Crippen LogP contribution in [0.25, 0.3) is 0 Å². The molecule has 1 aromatic carbocycles. The van der Waals surface area contributed by atoms with Gasteiger partial charge in [0.2, 0.25) is 0 Å². The van der Waals surface area contributed by atoms with E-state index in [1.54, 1.807) is 43.6 Å². The molecule has 0 bridgehead atoms. The molecule has 2 aromatic heterocycles. The Labute approximate surface area is 155 Å². The predicted molar refractivity (Wildman–Crippen MR) is 98.7 cm³/mol. The topological polar surface area (TPSA) is 89.0 Å². The van der Waals surface area contributed by atoms with Gasteiger partial charge in [-0.25, -0.2) is 0 Å². The molecule has 8 heteroatoms. The molecule has 0 saturated heterocycles. The Morgan fingerprint density at radius 3 is 2.69 bits per heavy atom. The fourth-order valence-electron chi connectivity index (χ4n) is 2.18. The highest BCUT2D eigenvalue weighted by atomic mass is 35.5. The van der Waals surface area contributed by atoms with Crippen LogP contribution in [-0.4, -0.2) is 28.2 Å². The van der Waals surface area contributed by atoms with Crippen molar-refractivity contribution in [2.75, 3.05) is 12.4 Å². The maximum Gasteiger partial charge on any atom is 0.272 e. The summed E-state index contributed by atoms with van der Waals surface area (Å²) in [5.74, 6) is 0.762. The van der Waals surface area contributed by atoms with Crippen LogP contribution >= 0.6 is 11.6 Å². The first-order valence-corrected chi connectivity index (χ1v) is 8.16. The monoisotopic (exact) mass is 369 g/mol. The number of carbonyl (C=O) groups is 1. The zero-order chi connectivity index (χ0) is 18.4. The summed E-state index contributed by atoms with van der Waals surface area (Å²) in [6, 6.07) is 14.0. The molecule has 7 nitrogen and oxygen atoms in total. The molecule has 0 saturated carbocycles. The van der Waals surface area contributed by atoms with Crippen LogP contribution in [-0.2, 0) is 6.54 Å². The molecule has 2 heterocycles.